The summed E-state index contributed by atoms with van der Waals surface area (Å²) < 4.78 is 7.33. The van der Waals surface area contributed by atoms with Crippen LogP contribution in [-0.2, 0) is 11.3 Å². The van der Waals surface area contributed by atoms with E-state index in [1.807, 2.05) is 55.5 Å². The maximum absolute atomic E-state index is 12.8. The summed E-state index contributed by atoms with van der Waals surface area (Å²) in [5, 5.41) is 1.52. The van der Waals surface area contributed by atoms with E-state index in [2.05, 4.69) is 9.47 Å². The lowest BCUT2D eigenvalue weighted by Gasteiger charge is -2.34. The van der Waals surface area contributed by atoms with Crippen LogP contribution >= 0.6 is 0 Å². The Labute approximate surface area is 163 Å². The summed E-state index contributed by atoms with van der Waals surface area (Å²) >= 11 is 0. The molecule has 0 bridgehead atoms. The van der Waals surface area contributed by atoms with Crippen LogP contribution in [0.15, 0.2) is 53.3 Å². The van der Waals surface area contributed by atoms with Crippen molar-refractivity contribution in [3.05, 3.63) is 58.8 Å². The molecule has 6 heteroatoms. The molecule has 3 aromatic rings. The van der Waals surface area contributed by atoms with Crippen molar-refractivity contribution >= 4 is 27.9 Å². The first-order chi connectivity index (χ1) is 13.7. The van der Waals surface area contributed by atoms with Gasteiger partial charge in [-0.3, -0.25) is 9.69 Å². The number of rotatable bonds is 4. The van der Waals surface area contributed by atoms with Crippen LogP contribution in [0.4, 0.5) is 4.79 Å². The van der Waals surface area contributed by atoms with Gasteiger partial charge in [0.2, 0.25) is 0 Å². The number of amides is 1. The van der Waals surface area contributed by atoms with E-state index in [0.717, 1.165) is 48.0 Å². The number of carbonyl (C=O) groups is 1. The van der Waals surface area contributed by atoms with Crippen LogP contribution < -0.4 is 5.43 Å². The predicted molar refractivity (Wildman–Crippen MR) is 111 cm³/mol. The molecule has 0 radical (unpaired) electrons. The molecule has 146 valence electrons. The van der Waals surface area contributed by atoms with Crippen LogP contribution in [0.1, 0.15) is 6.92 Å². The molecule has 6 nitrogen and oxygen atoms in total. The zero-order valence-corrected chi connectivity index (χ0v) is 16.1. The SMILES string of the molecule is CCOC(=O)N1CCN(CCn2c3ccccc3c(=O)c3ccccc32)CC1. The fraction of sp³-hybridized carbons (Fsp3) is 0.364. The van der Waals surface area contributed by atoms with E-state index >= 15 is 0 Å². The van der Waals surface area contributed by atoms with Gasteiger partial charge in [0.05, 0.1) is 17.6 Å². The Morgan fingerprint density at radius 1 is 0.893 bits per heavy atom. The number of para-hydroxylation sites is 2. The lowest BCUT2D eigenvalue weighted by atomic mass is 10.1. The van der Waals surface area contributed by atoms with Crippen molar-refractivity contribution in [2.24, 2.45) is 0 Å². The van der Waals surface area contributed by atoms with Crippen molar-refractivity contribution in [1.82, 2.24) is 14.4 Å². The lowest BCUT2D eigenvalue weighted by molar-refractivity contribution is 0.0789. The quantitative estimate of drug-likeness (QED) is 0.654. The van der Waals surface area contributed by atoms with Crippen molar-refractivity contribution < 1.29 is 9.53 Å². The second-order valence-corrected chi connectivity index (χ2v) is 7.04. The highest BCUT2D eigenvalue weighted by Crippen LogP contribution is 2.19. The molecule has 0 spiro atoms. The van der Waals surface area contributed by atoms with Crippen molar-refractivity contribution in [2.45, 2.75) is 13.5 Å². The van der Waals surface area contributed by atoms with Gasteiger partial charge < -0.3 is 14.2 Å². The highest BCUT2D eigenvalue weighted by atomic mass is 16.6. The maximum atomic E-state index is 12.8. The summed E-state index contributed by atoms with van der Waals surface area (Å²) in [6.07, 6.45) is -0.223. The van der Waals surface area contributed by atoms with Crippen molar-refractivity contribution in [2.75, 3.05) is 39.3 Å². The van der Waals surface area contributed by atoms with Crippen LogP contribution in [0.2, 0.25) is 0 Å². The lowest BCUT2D eigenvalue weighted by Crippen LogP contribution is -2.49. The zero-order valence-electron chi connectivity index (χ0n) is 16.1. The second-order valence-electron chi connectivity index (χ2n) is 7.04. The van der Waals surface area contributed by atoms with Gasteiger partial charge in [-0.1, -0.05) is 24.3 Å². The van der Waals surface area contributed by atoms with E-state index in [1.54, 1.807) is 4.90 Å². The topological polar surface area (TPSA) is 54.8 Å². The number of aromatic nitrogens is 1. The third-order valence-electron chi connectivity index (χ3n) is 5.42. The molecule has 1 fully saturated rings. The molecule has 1 saturated heterocycles. The van der Waals surface area contributed by atoms with Gasteiger partial charge in [0.1, 0.15) is 0 Å². The number of carbonyl (C=O) groups excluding carboxylic acids is 1. The van der Waals surface area contributed by atoms with Gasteiger partial charge in [-0.2, -0.15) is 0 Å². The van der Waals surface area contributed by atoms with Crippen LogP contribution in [0, 0.1) is 0 Å². The van der Waals surface area contributed by atoms with Gasteiger partial charge in [-0.05, 0) is 31.2 Å². The van der Waals surface area contributed by atoms with E-state index in [-0.39, 0.29) is 11.5 Å². The summed E-state index contributed by atoms with van der Waals surface area (Å²) in [5.74, 6) is 0. The first kappa shape index (κ1) is 18.5. The van der Waals surface area contributed by atoms with Gasteiger partial charge >= 0.3 is 6.09 Å². The first-order valence-corrected chi connectivity index (χ1v) is 9.83. The minimum absolute atomic E-state index is 0.0884. The van der Waals surface area contributed by atoms with Crippen molar-refractivity contribution in [1.29, 1.82) is 0 Å². The first-order valence-electron chi connectivity index (χ1n) is 9.83. The number of benzene rings is 2. The third-order valence-corrected chi connectivity index (χ3v) is 5.42. The van der Waals surface area contributed by atoms with Gasteiger partial charge in [-0.15, -0.1) is 0 Å². The zero-order chi connectivity index (χ0) is 19.5. The Kier molecular flexibility index (Phi) is 5.30. The minimum Gasteiger partial charge on any atom is -0.450 e. The van der Waals surface area contributed by atoms with E-state index < -0.39 is 0 Å². The molecule has 2 heterocycles. The molecule has 1 aliphatic heterocycles. The van der Waals surface area contributed by atoms with Gasteiger partial charge in [0.15, 0.2) is 5.43 Å². The molecule has 1 aromatic heterocycles. The highest BCUT2D eigenvalue weighted by molar-refractivity contribution is 5.93. The average Bonchev–Trinajstić information content (AvgIpc) is 2.74. The molecule has 0 N–H and O–H groups in total. The Morgan fingerprint density at radius 3 is 2.04 bits per heavy atom. The van der Waals surface area contributed by atoms with E-state index in [1.165, 1.54) is 0 Å². The minimum atomic E-state index is -0.223. The number of ether oxygens (including phenoxy) is 1. The Hall–Kier alpha value is -2.86. The smallest absolute Gasteiger partial charge is 0.409 e. The molecule has 0 saturated carbocycles. The van der Waals surface area contributed by atoms with Crippen molar-refractivity contribution in [3.8, 4) is 0 Å². The number of pyridine rings is 1. The van der Waals surface area contributed by atoms with Crippen LogP contribution in [0.25, 0.3) is 21.8 Å². The maximum Gasteiger partial charge on any atom is 0.409 e. The Morgan fingerprint density at radius 2 is 1.46 bits per heavy atom. The molecule has 1 aliphatic rings. The Bertz CT molecular complexity index is 992. The molecule has 28 heavy (non-hydrogen) atoms. The predicted octanol–water partition coefficient (Wildman–Crippen LogP) is 2.93. The monoisotopic (exact) mass is 379 g/mol. The second kappa shape index (κ2) is 8.02. The summed E-state index contributed by atoms with van der Waals surface area (Å²) in [5.41, 5.74) is 2.03. The average molecular weight is 379 g/mol. The molecule has 0 aliphatic carbocycles. The summed E-state index contributed by atoms with van der Waals surface area (Å²) in [6.45, 7) is 6.92. The largest absolute Gasteiger partial charge is 0.450 e. The molecule has 4 rings (SSSR count). The van der Waals surface area contributed by atoms with Crippen LogP contribution in [-0.4, -0.2) is 59.8 Å². The number of piperazine rings is 1. The van der Waals surface area contributed by atoms with E-state index in [4.69, 9.17) is 4.74 Å². The molecular weight excluding hydrogens is 354 g/mol. The molecule has 2 aromatic carbocycles. The third kappa shape index (κ3) is 3.47. The normalized spacial score (nSPS) is 15.2. The number of hydrogen-bond acceptors (Lipinski definition) is 4. The van der Waals surface area contributed by atoms with Crippen molar-refractivity contribution in [3.63, 3.8) is 0 Å². The summed E-state index contributed by atoms with van der Waals surface area (Å²) in [7, 11) is 0. The number of fused-ring (bicyclic) bond motifs is 2. The van der Waals surface area contributed by atoms with Crippen LogP contribution in [0.5, 0.6) is 0 Å². The van der Waals surface area contributed by atoms with E-state index in [0.29, 0.717) is 19.7 Å². The van der Waals surface area contributed by atoms with E-state index in [9.17, 15) is 9.59 Å². The standard InChI is InChI=1S/C22H25N3O3/c1-2-28-22(27)24-14-11-23(12-15-24)13-16-25-19-9-5-3-7-17(19)21(26)18-8-4-6-10-20(18)25/h3-10H,2,11-16H2,1H3. The highest BCUT2D eigenvalue weighted by Gasteiger charge is 2.22. The molecular formula is C22H25N3O3. The molecule has 1 amide bonds. The van der Waals surface area contributed by atoms with Crippen LogP contribution in [0.3, 0.4) is 0 Å². The number of hydrogen-bond donors (Lipinski definition) is 0. The fourth-order valence-corrected chi connectivity index (χ4v) is 3.93. The van der Waals surface area contributed by atoms with Gasteiger partial charge in [0.25, 0.3) is 0 Å². The fourth-order valence-electron chi connectivity index (χ4n) is 3.93. The number of nitrogens with zero attached hydrogens (tertiary/aromatic N) is 3. The van der Waals surface area contributed by atoms with Gasteiger partial charge in [0, 0.05) is 50.0 Å². The molecule has 0 atom stereocenters. The Balaban J connectivity index is 1.55. The van der Waals surface area contributed by atoms with Gasteiger partial charge in [-0.25, -0.2) is 4.79 Å². The molecule has 0 unspecified atom stereocenters. The summed E-state index contributed by atoms with van der Waals surface area (Å²) in [4.78, 5) is 28.8. The summed E-state index contributed by atoms with van der Waals surface area (Å²) in [6, 6.07) is 15.6.